The number of rotatable bonds is 5. The Morgan fingerprint density at radius 2 is 2.14 bits per heavy atom. The third kappa shape index (κ3) is 4.40. The van der Waals surface area contributed by atoms with E-state index in [1.165, 1.54) is 11.8 Å². The number of fused-ring (bicyclic) bond motifs is 1. The number of carboxylic acids is 1. The molecule has 0 saturated carbocycles. The van der Waals surface area contributed by atoms with Crippen LogP contribution in [0.5, 0.6) is 5.75 Å². The summed E-state index contributed by atoms with van der Waals surface area (Å²) in [5.74, 6) is -0.305. The van der Waals surface area contributed by atoms with Gasteiger partial charge >= 0.3 is 5.97 Å². The van der Waals surface area contributed by atoms with Gasteiger partial charge in [-0.05, 0) is 23.3 Å². The number of amides is 1. The smallest absolute Gasteiger partial charge is 0.330 e. The Morgan fingerprint density at radius 1 is 1.41 bits per heavy atom. The van der Waals surface area contributed by atoms with Crippen molar-refractivity contribution in [2.75, 3.05) is 12.4 Å². The highest BCUT2D eigenvalue weighted by Crippen LogP contribution is 2.28. The summed E-state index contributed by atoms with van der Waals surface area (Å²) < 4.78 is 5.37. The molecule has 5 nitrogen and oxygen atoms in total. The van der Waals surface area contributed by atoms with E-state index in [0.717, 1.165) is 17.7 Å². The lowest BCUT2D eigenvalue weighted by molar-refractivity contribution is -0.141. The molecule has 0 aliphatic carbocycles. The summed E-state index contributed by atoms with van der Waals surface area (Å²) in [6.07, 6.45) is 0.767. The van der Waals surface area contributed by atoms with Crippen LogP contribution in [0, 0.1) is 0 Å². The number of ether oxygens (including phenoxy) is 1. The SMILES string of the molecule is CC(C)(C)SCC(=O)NC(C(=O)O)c1ccc2c(c1)CCO2. The van der Waals surface area contributed by atoms with Gasteiger partial charge in [0.25, 0.3) is 0 Å². The Hall–Kier alpha value is -1.69. The minimum absolute atomic E-state index is 0.0407. The number of carboxylic acid groups (broad SMARTS) is 1. The molecule has 0 saturated heterocycles. The molecule has 1 heterocycles. The summed E-state index contributed by atoms with van der Waals surface area (Å²) in [7, 11) is 0. The molecule has 1 aromatic carbocycles. The fourth-order valence-electron chi connectivity index (χ4n) is 2.16. The largest absolute Gasteiger partial charge is 0.493 e. The van der Waals surface area contributed by atoms with Crippen LogP contribution in [0.15, 0.2) is 18.2 Å². The van der Waals surface area contributed by atoms with Crippen molar-refractivity contribution in [2.45, 2.75) is 38.0 Å². The second-order valence-corrected chi connectivity index (χ2v) is 8.01. The quantitative estimate of drug-likeness (QED) is 0.870. The highest BCUT2D eigenvalue weighted by atomic mass is 32.2. The monoisotopic (exact) mass is 323 g/mol. The van der Waals surface area contributed by atoms with Crippen LogP contribution < -0.4 is 10.1 Å². The predicted molar refractivity (Wildman–Crippen MR) is 86.4 cm³/mol. The summed E-state index contributed by atoms with van der Waals surface area (Å²) in [5, 5.41) is 12.0. The molecule has 120 valence electrons. The molecule has 1 unspecified atom stereocenters. The van der Waals surface area contributed by atoms with Crippen molar-refractivity contribution in [1.29, 1.82) is 0 Å². The molecule has 1 aliphatic rings. The molecule has 1 atom stereocenters. The summed E-state index contributed by atoms with van der Waals surface area (Å²) in [5.41, 5.74) is 1.56. The number of carbonyl (C=O) groups excluding carboxylic acids is 1. The average molecular weight is 323 g/mol. The van der Waals surface area contributed by atoms with E-state index >= 15 is 0 Å². The fraction of sp³-hybridized carbons (Fsp3) is 0.500. The third-order valence-electron chi connectivity index (χ3n) is 3.24. The van der Waals surface area contributed by atoms with E-state index in [0.29, 0.717) is 12.2 Å². The maximum Gasteiger partial charge on any atom is 0.330 e. The van der Waals surface area contributed by atoms with E-state index in [1.807, 2.05) is 20.8 Å². The van der Waals surface area contributed by atoms with Crippen molar-refractivity contribution in [3.8, 4) is 5.75 Å². The van der Waals surface area contributed by atoms with Gasteiger partial charge in [0.15, 0.2) is 6.04 Å². The predicted octanol–water partition coefficient (Wildman–Crippen LogP) is 2.40. The lowest BCUT2D eigenvalue weighted by atomic mass is 10.0. The Balaban J connectivity index is 2.07. The molecule has 1 aliphatic heterocycles. The van der Waals surface area contributed by atoms with Gasteiger partial charge in [0.1, 0.15) is 5.75 Å². The van der Waals surface area contributed by atoms with Crippen LogP contribution in [0.2, 0.25) is 0 Å². The van der Waals surface area contributed by atoms with Gasteiger partial charge in [-0.1, -0.05) is 26.8 Å². The van der Waals surface area contributed by atoms with Crippen molar-refractivity contribution in [2.24, 2.45) is 0 Å². The van der Waals surface area contributed by atoms with Crippen molar-refractivity contribution in [3.63, 3.8) is 0 Å². The Morgan fingerprint density at radius 3 is 2.77 bits per heavy atom. The lowest BCUT2D eigenvalue weighted by Crippen LogP contribution is -2.35. The number of thioether (sulfide) groups is 1. The van der Waals surface area contributed by atoms with E-state index in [1.54, 1.807) is 18.2 Å². The average Bonchev–Trinajstić information content (AvgIpc) is 2.88. The minimum Gasteiger partial charge on any atom is -0.493 e. The molecule has 2 rings (SSSR count). The number of aliphatic carboxylic acids is 1. The molecule has 0 radical (unpaired) electrons. The summed E-state index contributed by atoms with van der Waals surface area (Å²) >= 11 is 1.49. The summed E-state index contributed by atoms with van der Waals surface area (Å²) in [6, 6.07) is 4.24. The zero-order chi connectivity index (χ0) is 16.3. The zero-order valence-corrected chi connectivity index (χ0v) is 13.8. The molecule has 0 aromatic heterocycles. The second kappa shape index (κ2) is 6.60. The lowest BCUT2D eigenvalue weighted by Gasteiger charge is -2.19. The van der Waals surface area contributed by atoms with Crippen LogP contribution in [0.1, 0.15) is 37.9 Å². The van der Waals surface area contributed by atoms with Gasteiger partial charge in [-0.2, -0.15) is 0 Å². The molecule has 2 N–H and O–H groups in total. The van der Waals surface area contributed by atoms with E-state index in [4.69, 9.17) is 4.74 Å². The van der Waals surface area contributed by atoms with Crippen molar-refractivity contribution in [1.82, 2.24) is 5.32 Å². The second-order valence-electron chi connectivity index (χ2n) is 6.21. The van der Waals surface area contributed by atoms with Gasteiger partial charge in [-0.15, -0.1) is 11.8 Å². The topological polar surface area (TPSA) is 75.6 Å². The first kappa shape index (κ1) is 16.7. The van der Waals surface area contributed by atoms with Crippen LogP contribution >= 0.6 is 11.8 Å². The molecular weight excluding hydrogens is 302 g/mol. The normalized spacial score (nSPS) is 14.9. The van der Waals surface area contributed by atoms with E-state index in [-0.39, 0.29) is 16.4 Å². The van der Waals surface area contributed by atoms with E-state index in [9.17, 15) is 14.7 Å². The molecule has 1 aromatic rings. The first-order valence-corrected chi connectivity index (χ1v) is 8.16. The van der Waals surface area contributed by atoms with E-state index in [2.05, 4.69) is 5.32 Å². The third-order valence-corrected chi connectivity index (χ3v) is 4.51. The molecule has 0 bridgehead atoms. The van der Waals surface area contributed by atoms with Crippen LogP contribution in [0.4, 0.5) is 0 Å². The maximum absolute atomic E-state index is 12.0. The summed E-state index contributed by atoms with van der Waals surface area (Å²) in [4.78, 5) is 23.5. The van der Waals surface area contributed by atoms with Crippen LogP contribution in [0.25, 0.3) is 0 Å². The van der Waals surface area contributed by atoms with Gasteiger partial charge in [0.05, 0.1) is 12.4 Å². The van der Waals surface area contributed by atoms with Crippen LogP contribution in [-0.4, -0.2) is 34.1 Å². The van der Waals surface area contributed by atoms with E-state index < -0.39 is 12.0 Å². The molecule has 22 heavy (non-hydrogen) atoms. The molecule has 0 spiro atoms. The fourth-order valence-corrected chi connectivity index (χ4v) is 2.81. The van der Waals surface area contributed by atoms with Gasteiger partial charge in [0, 0.05) is 11.2 Å². The maximum atomic E-state index is 12.0. The van der Waals surface area contributed by atoms with Crippen molar-refractivity contribution in [3.05, 3.63) is 29.3 Å². The van der Waals surface area contributed by atoms with Gasteiger partial charge in [-0.25, -0.2) is 4.79 Å². The van der Waals surface area contributed by atoms with Crippen LogP contribution in [-0.2, 0) is 16.0 Å². The summed E-state index contributed by atoms with van der Waals surface area (Å²) in [6.45, 7) is 6.66. The number of carbonyl (C=O) groups is 2. The Labute approximate surface area is 134 Å². The molecule has 1 amide bonds. The highest BCUT2D eigenvalue weighted by molar-refractivity contribution is 8.01. The number of hydrogen-bond acceptors (Lipinski definition) is 4. The molecule has 0 fully saturated rings. The molecule has 6 heteroatoms. The number of benzene rings is 1. The van der Waals surface area contributed by atoms with Gasteiger partial charge in [-0.3, -0.25) is 4.79 Å². The van der Waals surface area contributed by atoms with Gasteiger partial charge in [0.2, 0.25) is 5.91 Å². The highest BCUT2D eigenvalue weighted by Gasteiger charge is 2.25. The number of hydrogen-bond donors (Lipinski definition) is 2. The minimum atomic E-state index is -1.06. The number of nitrogens with one attached hydrogen (secondary N) is 1. The zero-order valence-electron chi connectivity index (χ0n) is 13.0. The molecular formula is C16H21NO4S. The first-order chi connectivity index (χ1) is 10.3. The standard InChI is InChI=1S/C16H21NO4S/c1-16(2,3)22-9-13(18)17-14(15(19)20)11-4-5-12-10(8-11)6-7-21-12/h4-5,8,14H,6-7,9H2,1-3H3,(H,17,18)(H,19,20). The van der Waals surface area contributed by atoms with Gasteiger partial charge < -0.3 is 15.2 Å². The van der Waals surface area contributed by atoms with Crippen LogP contribution in [0.3, 0.4) is 0 Å². The Bertz CT molecular complexity index is 580. The van der Waals surface area contributed by atoms with Crippen molar-refractivity contribution < 1.29 is 19.4 Å². The Kier molecular flexibility index (Phi) is 5.01. The first-order valence-electron chi connectivity index (χ1n) is 7.18. The van der Waals surface area contributed by atoms with Crippen molar-refractivity contribution >= 4 is 23.6 Å².